The molecule has 0 aliphatic rings. The molecule has 3 nitrogen and oxygen atoms in total. The summed E-state index contributed by atoms with van der Waals surface area (Å²) in [6.45, 7) is 6.74. The number of hydrogen-bond acceptors (Lipinski definition) is 3. The normalized spacial score (nSPS) is 11.4. The Morgan fingerprint density at radius 3 is 2.58 bits per heavy atom. The molecule has 0 radical (unpaired) electrons. The van der Waals surface area contributed by atoms with Gasteiger partial charge in [-0.2, -0.15) is 0 Å². The molecule has 106 valence electrons. The summed E-state index contributed by atoms with van der Waals surface area (Å²) in [5.74, 6) is -0.200. The summed E-state index contributed by atoms with van der Waals surface area (Å²) in [6.07, 6.45) is 0.322. The molecule has 0 spiro atoms. The first-order valence-corrected chi connectivity index (χ1v) is 6.94. The van der Waals surface area contributed by atoms with Crippen LogP contribution in [0.15, 0.2) is 18.2 Å². The lowest BCUT2D eigenvalue weighted by molar-refractivity contribution is -0.144. The first-order valence-electron chi connectivity index (χ1n) is 6.18. The van der Waals surface area contributed by atoms with E-state index in [1.165, 1.54) is 0 Å². The molecule has 0 heterocycles. The highest BCUT2D eigenvalue weighted by Crippen LogP contribution is 2.23. The van der Waals surface area contributed by atoms with Crippen molar-refractivity contribution in [1.29, 1.82) is 0 Å². The zero-order chi connectivity index (χ0) is 14.5. The van der Waals surface area contributed by atoms with Crippen LogP contribution in [0.5, 0.6) is 0 Å². The molecule has 0 aliphatic carbocycles. The average Bonchev–Trinajstić information content (AvgIpc) is 2.30. The van der Waals surface area contributed by atoms with E-state index in [0.29, 0.717) is 29.6 Å². The maximum absolute atomic E-state index is 11.5. The molecule has 1 aromatic rings. The molecule has 0 atom stereocenters. The van der Waals surface area contributed by atoms with E-state index in [1.807, 2.05) is 26.0 Å². The Labute approximate surface area is 124 Å². The van der Waals surface area contributed by atoms with Gasteiger partial charge in [-0.25, -0.2) is 0 Å². The molecule has 0 bridgehead atoms. The van der Waals surface area contributed by atoms with Gasteiger partial charge >= 0.3 is 5.97 Å². The molecule has 0 fully saturated rings. The van der Waals surface area contributed by atoms with Crippen molar-refractivity contribution >= 4 is 29.2 Å². The van der Waals surface area contributed by atoms with Crippen LogP contribution in [-0.2, 0) is 16.1 Å². The number of ether oxygens (including phenoxy) is 1. The van der Waals surface area contributed by atoms with Gasteiger partial charge in [0.15, 0.2) is 0 Å². The van der Waals surface area contributed by atoms with Crippen LogP contribution in [0.4, 0.5) is 0 Å². The molecule has 1 rings (SSSR count). The first kappa shape index (κ1) is 16.3. The Balaban J connectivity index is 2.54. The van der Waals surface area contributed by atoms with Crippen LogP contribution in [0.1, 0.15) is 32.8 Å². The minimum absolute atomic E-state index is 0.200. The SMILES string of the molecule is CCOC(=O)CC(C)(C)NCc1ccc(Cl)c(Cl)c1. The second-order valence-electron chi connectivity index (χ2n) is 4.97. The summed E-state index contributed by atoms with van der Waals surface area (Å²) in [5, 5.41) is 4.38. The number of nitrogens with one attached hydrogen (secondary N) is 1. The topological polar surface area (TPSA) is 38.3 Å². The molecule has 0 saturated heterocycles. The standard InChI is InChI=1S/C14H19Cl2NO2/c1-4-19-13(18)8-14(2,3)17-9-10-5-6-11(15)12(16)7-10/h5-7,17H,4,8-9H2,1-3H3. The second-order valence-corrected chi connectivity index (χ2v) is 5.78. The van der Waals surface area contributed by atoms with Crippen molar-refractivity contribution in [3.63, 3.8) is 0 Å². The van der Waals surface area contributed by atoms with Crippen molar-refractivity contribution in [2.24, 2.45) is 0 Å². The van der Waals surface area contributed by atoms with E-state index < -0.39 is 0 Å². The number of carbonyl (C=O) groups is 1. The molecule has 0 saturated carbocycles. The van der Waals surface area contributed by atoms with Gasteiger partial charge in [-0.15, -0.1) is 0 Å². The molecular formula is C14H19Cl2NO2. The van der Waals surface area contributed by atoms with Crippen molar-refractivity contribution in [2.75, 3.05) is 6.61 Å². The van der Waals surface area contributed by atoms with Crippen molar-refractivity contribution in [2.45, 2.75) is 39.3 Å². The van der Waals surface area contributed by atoms with Crippen molar-refractivity contribution in [1.82, 2.24) is 5.32 Å². The van der Waals surface area contributed by atoms with E-state index in [9.17, 15) is 4.79 Å². The van der Waals surface area contributed by atoms with E-state index in [-0.39, 0.29) is 11.5 Å². The van der Waals surface area contributed by atoms with Gasteiger partial charge < -0.3 is 10.1 Å². The molecule has 1 N–H and O–H groups in total. The van der Waals surface area contributed by atoms with Crippen LogP contribution < -0.4 is 5.32 Å². The van der Waals surface area contributed by atoms with Gasteiger partial charge in [0.2, 0.25) is 0 Å². The van der Waals surface area contributed by atoms with Crippen LogP contribution in [0, 0.1) is 0 Å². The Morgan fingerprint density at radius 1 is 1.32 bits per heavy atom. The Bertz CT molecular complexity index is 447. The van der Waals surface area contributed by atoms with Gasteiger partial charge in [0.1, 0.15) is 0 Å². The van der Waals surface area contributed by atoms with Crippen LogP contribution in [0.3, 0.4) is 0 Å². The molecule has 0 aliphatic heterocycles. The van der Waals surface area contributed by atoms with E-state index in [1.54, 1.807) is 13.0 Å². The van der Waals surface area contributed by atoms with Crippen LogP contribution in [0.2, 0.25) is 10.0 Å². The lowest BCUT2D eigenvalue weighted by Crippen LogP contribution is -2.41. The Kier molecular flexibility index (Phi) is 6.11. The van der Waals surface area contributed by atoms with Gasteiger partial charge in [0.25, 0.3) is 0 Å². The molecule has 19 heavy (non-hydrogen) atoms. The molecule has 1 aromatic carbocycles. The third-order valence-corrected chi connectivity index (χ3v) is 3.39. The zero-order valence-electron chi connectivity index (χ0n) is 11.4. The molecule has 5 heteroatoms. The summed E-state index contributed by atoms with van der Waals surface area (Å²) in [4.78, 5) is 11.5. The maximum Gasteiger partial charge on any atom is 0.307 e. The van der Waals surface area contributed by atoms with E-state index in [2.05, 4.69) is 5.32 Å². The third kappa shape index (κ3) is 5.81. The average molecular weight is 304 g/mol. The Morgan fingerprint density at radius 2 is 2.00 bits per heavy atom. The van der Waals surface area contributed by atoms with E-state index >= 15 is 0 Å². The smallest absolute Gasteiger partial charge is 0.307 e. The molecule has 0 aromatic heterocycles. The number of hydrogen-bond donors (Lipinski definition) is 1. The highest BCUT2D eigenvalue weighted by Gasteiger charge is 2.22. The van der Waals surface area contributed by atoms with Gasteiger partial charge in [-0.1, -0.05) is 29.3 Å². The lowest BCUT2D eigenvalue weighted by atomic mass is 10.0. The van der Waals surface area contributed by atoms with E-state index in [0.717, 1.165) is 5.56 Å². The van der Waals surface area contributed by atoms with Gasteiger partial charge in [-0.3, -0.25) is 4.79 Å². The summed E-state index contributed by atoms with van der Waals surface area (Å²) in [6, 6.07) is 5.48. The van der Waals surface area contributed by atoms with E-state index in [4.69, 9.17) is 27.9 Å². The maximum atomic E-state index is 11.5. The minimum atomic E-state index is -0.335. The Hall–Kier alpha value is -0.770. The number of carbonyl (C=O) groups excluding carboxylic acids is 1. The fourth-order valence-electron chi connectivity index (χ4n) is 1.63. The third-order valence-electron chi connectivity index (χ3n) is 2.65. The quantitative estimate of drug-likeness (QED) is 0.812. The first-order chi connectivity index (χ1) is 8.84. The summed E-state index contributed by atoms with van der Waals surface area (Å²) in [7, 11) is 0. The highest BCUT2D eigenvalue weighted by atomic mass is 35.5. The number of halogens is 2. The summed E-state index contributed by atoms with van der Waals surface area (Å²) >= 11 is 11.8. The van der Waals surface area contributed by atoms with Crippen LogP contribution in [0.25, 0.3) is 0 Å². The number of rotatable bonds is 6. The fourth-order valence-corrected chi connectivity index (χ4v) is 1.95. The van der Waals surface area contributed by atoms with Gasteiger partial charge in [0, 0.05) is 12.1 Å². The van der Waals surface area contributed by atoms with Crippen molar-refractivity contribution in [3.05, 3.63) is 33.8 Å². The van der Waals surface area contributed by atoms with Crippen LogP contribution >= 0.6 is 23.2 Å². The molecule has 0 amide bonds. The highest BCUT2D eigenvalue weighted by molar-refractivity contribution is 6.42. The van der Waals surface area contributed by atoms with Crippen molar-refractivity contribution < 1.29 is 9.53 Å². The van der Waals surface area contributed by atoms with Crippen LogP contribution in [-0.4, -0.2) is 18.1 Å². The second kappa shape index (κ2) is 7.13. The molecular weight excluding hydrogens is 285 g/mol. The van der Waals surface area contributed by atoms with Gasteiger partial charge in [-0.05, 0) is 38.5 Å². The summed E-state index contributed by atoms with van der Waals surface area (Å²) in [5.41, 5.74) is 0.685. The number of benzene rings is 1. The zero-order valence-corrected chi connectivity index (χ0v) is 12.9. The lowest BCUT2D eigenvalue weighted by Gasteiger charge is -2.25. The predicted molar refractivity (Wildman–Crippen MR) is 78.6 cm³/mol. The van der Waals surface area contributed by atoms with Crippen molar-refractivity contribution in [3.8, 4) is 0 Å². The monoisotopic (exact) mass is 303 g/mol. The fraction of sp³-hybridized carbons (Fsp3) is 0.500. The largest absolute Gasteiger partial charge is 0.466 e. The minimum Gasteiger partial charge on any atom is -0.466 e. The number of esters is 1. The predicted octanol–water partition coefficient (Wildman–Crippen LogP) is 3.81. The van der Waals surface area contributed by atoms with Gasteiger partial charge in [0.05, 0.1) is 23.1 Å². The molecule has 0 unspecified atom stereocenters. The summed E-state index contributed by atoms with van der Waals surface area (Å²) < 4.78 is 4.95.